The molecule has 0 saturated heterocycles. The molecule has 1 aromatic heterocycles. The number of benzene rings is 2. The molecule has 0 aliphatic carbocycles. The maximum absolute atomic E-state index is 13.2. The van der Waals surface area contributed by atoms with Crippen molar-refractivity contribution in [2.75, 3.05) is 24.9 Å². The van der Waals surface area contributed by atoms with Gasteiger partial charge in [0.15, 0.2) is 0 Å². The Morgan fingerprint density at radius 3 is 2.67 bits per heavy atom. The summed E-state index contributed by atoms with van der Waals surface area (Å²) in [4.78, 5) is 20.6. The zero-order chi connectivity index (χ0) is 19.2. The van der Waals surface area contributed by atoms with Gasteiger partial charge in [0.2, 0.25) is 5.95 Å². The van der Waals surface area contributed by atoms with Gasteiger partial charge in [-0.2, -0.15) is 0 Å². The average Bonchev–Trinajstić information content (AvgIpc) is 2.68. The summed E-state index contributed by atoms with van der Waals surface area (Å²) >= 11 is 0. The third-order valence-electron chi connectivity index (χ3n) is 3.63. The van der Waals surface area contributed by atoms with Gasteiger partial charge < -0.3 is 20.1 Å². The van der Waals surface area contributed by atoms with Gasteiger partial charge in [0, 0.05) is 18.0 Å². The molecular weight excluding hydrogens is 351 g/mol. The molecule has 3 rings (SSSR count). The van der Waals surface area contributed by atoms with Crippen LogP contribution in [0.4, 0.5) is 21.7 Å². The van der Waals surface area contributed by atoms with E-state index in [4.69, 9.17) is 9.47 Å². The van der Waals surface area contributed by atoms with Crippen molar-refractivity contribution >= 4 is 23.2 Å². The second-order valence-electron chi connectivity index (χ2n) is 5.42. The number of halogens is 1. The van der Waals surface area contributed by atoms with E-state index in [9.17, 15) is 9.18 Å². The van der Waals surface area contributed by atoms with E-state index in [1.54, 1.807) is 31.4 Å². The molecule has 0 atom stereocenters. The minimum absolute atomic E-state index is 0.129. The van der Waals surface area contributed by atoms with Crippen molar-refractivity contribution in [1.82, 2.24) is 9.97 Å². The Kier molecular flexibility index (Phi) is 5.46. The van der Waals surface area contributed by atoms with Crippen LogP contribution in [0.15, 0.2) is 54.7 Å². The highest BCUT2D eigenvalue weighted by Crippen LogP contribution is 2.30. The summed E-state index contributed by atoms with van der Waals surface area (Å²) in [5.41, 5.74) is 1.08. The van der Waals surface area contributed by atoms with Crippen LogP contribution in [0.3, 0.4) is 0 Å². The number of carbonyl (C=O) groups excluding carboxylic acids is 1. The van der Waals surface area contributed by atoms with Crippen molar-refractivity contribution in [3.8, 4) is 11.5 Å². The normalized spacial score (nSPS) is 10.2. The number of hydrogen-bond donors (Lipinski definition) is 2. The summed E-state index contributed by atoms with van der Waals surface area (Å²) in [6, 6.07) is 12.3. The molecular formula is C19H17FN4O3. The summed E-state index contributed by atoms with van der Waals surface area (Å²) in [5.74, 6) is 0.469. The van der Waals surface area contributed by atoms with Crippen LogP contribution in [0.5, 0.6) is 11.5 Å². The van der Waals surface area contributed by atoms with E-state index in [2.05, 4.69) is 20.6 Å². The molecule has 138 valence electrons. The molecule has 1 amide bonds. The number of aromatic nitrogens is 2. The molecule has 27 heavy (non-hydrogen) atoms. The van der Waals surface area contributed by atoms with E-state index < -0.39 is 11.7 Å². The summed E-state index contributed by atoms with van der Waals surface area (Å²) in [7, 11) is 3.09. The minimum Gasteiger partial charge on any atom is -0.497 e. The molecule has 0 fully saturated rings. The number of amides is 1. The van der Waals surface area contributed by atoms with Crippen LogP contribution in [0.2, 0.25) is 0 Å². The Morgan fingerprint density at radius 1 is 1.07 bits per heavy atom. The van der Waals surface area contributed by atoms with Gasteiger partial charge in [-0.1, -0.05) is 6.07 Å². The third-order valence-corrected chi connectivity index (χ3v) is 3.63. The van der Waals surface area contributed by atoms with Crippen molar-refractivity contribution < 1.29 is 18.7 Å². The first-order chi connectivity index (χ1) is 13.1. The van der Waals surface area contributed by atoms with Gasteiger partial charge in [-0.15, -0.1) is 0 Å². The monoisotopic (exact) mass is 368 g/mol. The van der Waals surface area contributed by atoms with E-state index >= 15 is 0 Å². The fourth-order valence-electron chi connectivity index (χ4n) is 2.33. The molecule has 8 heteroatoms. The largest absolute Gasteiger partial charge is 0.497 e. The third kappa shape index (κ3) is 4.49. The topological polar surface area (TPSA) is 85.4 Å². The van der Waals surface area contributed by atoms with Gasteiger partial charge in [-0.3, -0.25) is 4.79 Å². The lowest BCUT2D eigenvalue weighted by molar-refractivity contribution is 0.102. The van der Waals surface area contributed by atoms with Crippen LogP contribution in [-0.2, 0) is 0 Å². The summed E-state index contributed by atoms with van der Waals surface area (Å²) < 4.78 is 23.7. The fourth-order valence-corrected chi connectivity index (χ4v) is 2.33. The molecule has 7 nitrogen and oxygen atoms in total. The predicted molar refractivity (Wildman–Crippen MR) is 99.2 cm³/mol. The van der Waals surface area contributed by atoms with Crippen LogP contribution in [0, 0.1) is 5.82 Å². The maximum Gasteiger partial charge on any atom is 0.274 e. The summed E-state index contributed by atoms with van der Waals surface area (Å²) in [6.45, 7) is 0. The zero-order valence-electron chi connectivity index (χ0n) is 14.7. The Labute approximate surface area is 155 Å². The highest BCUT2D eigenvalue weighted by atomic mass is 19.1. The van der Waals surface area contributed by atoms with Crippen LogP contribution < -0.4 is 20.1 Å². The smallest absolute Gasteiger partial charge is 0.274 e. The molecule has 0 saturated carbocycles. The molecule has 0 unspecified atom stereocenters. The van der Waals surface area contributed by atoms with Crippen molar-refractivity contribution in [3.63, 3.8) is 0 Å². The standard InChI is InChI=1S/C19H17FN4O3/c1-26-14-6-7-15(17(11-14)27-2)23-19-21-9-8-16(24-19)18(25)22-13-5-3-4-12(20)10-13/h3-11H,1-2H3,(H,22,25)(H,21,23,24). The molecule has 0 aliphatic rings. The van der Waals surface area contributed by atoms with E-state index in [0.29, 0.717) is 22.9 Å². The van der Waals surface area contributed by atoms with Crippen molar-refractivity contribution in [2.45, 2.75) is 0 Å². The molecule has 3 aromatic rings. The second kappa shape index (κ2) is 8.13. The molecule has 0 aliphatic heterocycles. The number of anilines is 3. The molecule has 0 radical (unpaired) electrons. The Bertz CT molecular complexity index is 965. The highest BCUT2D eigenvalue weighted by Gasteiger charge is 2.12. The van der Waals surface area contributed by atoms with E-state index in [1.807, 2.05) is 0 Å². The van der Waals surface area contributed by atoms with Crippen molar-refractivity contribution in [3.05, 3.63) is 66.2 Å². The first-order valence-corrected chi connectivity index (χ1v) is 7.98. The number of ether oxygens (including phenoxy) is 2. The molecule has 2 N–H and O–H groups in total. The van der Waals surface area contributed by atoms with Crippen molar-refractivity contribution in [2.24, 2.45) is 0 Å². The van der Waals surface area contributed by atoms with Crippen molar-refractivity contribution in [1.29, 1.82) is 0 Å². The quantitative estimate of drug-likeness (QED) is 0.691. The maximum atomic E-state index is 13.2. The van der Waals surface area contributed by atoms with E-state index in [1.165, 1.54) is 37.6 Å². The molecule has 1 heterocycles. The number of nitrogens with zero attached hydrogens (tertiary/aromatic N) is 2. The first-order valence-electron chi connectivity index (χ1n) is 7.98. The van der Waals surface area contributed by atoms with Crippen LogP contribution in [-0.4, -0.2) is 30.1 Å². The lowest BCUT2D eigenvalue weighted by Crippen LogP contribution is -2.15. The number of rotatable bonds is 6. The number of carbonyl (C=O) groups is 1. The summed E-state index contributed by atoms with van der Waals surface area (Å²) in [5, 5.41) is 5.59. The molecule has 0 spiro atoms. The summed E-state index contributed by atoms with van der Waals surface area (Å²) in [6.07, 6.45) is 1.45. The van der Waals surface area contributed by atoms with E-state index in [-0.39, 0.29) is 11.6 Å². The van der Waals surface area contributed by atoms with Crippen LogP contribution in [0.25, 0.3) is 0 Å². The predicted octanol–water partition coefficient (Wildman–Crippen LogP) is 3.63. The second-order valence-corrected chi connectivity index (χ2v) is 5.42. The van der Waals surface area contributed by atoms with Gasteiger partial charge in [-0.05, 0) is 36.4 Å². The SMILES string of the molecule is COc1ccc(Nc2nccc(C(=O)Nc3cccc(F)c3)n2)c(OC)c1. The van der Waals surface area contributed by atoms with E-state index in [0.717, 1.165) is 0 Å². The number of nitrogens with one attached hydrogen (secondary N) is 2. The Morgan fingerprint density at radius 2 is 1.93 bits per heavy atom. The van der Waals surface area contributed by atoms with Gasteiger partial charge in [0.25, 0.3) is 5.91 Å². The molecule has 2 aromatic carbocycles. The molecule has 0 bridgehead atoms. The Balaban J connectivity index is 1.78. The van der Waals surface area contributed by atoms with Gasteiger partial charge in [0.1, 0.15) is 23.0 Å². The van der Waals surface area contributed by atoms with Crippen LogP contribution in [0.1, 0.15) is 10.5 Å². The minimum atomic E-state index is -0.479. The van der Waals surface area contributed by atoms with Crippen LogP contribution >= 0.6 is 0 Å². The lowest BCUT2D eigenvalue weighted by Gasteiger charge is -2.12. The Hall–Kier alpha value is -3.68. The number of hydrogen-bond acceptors (Lipinski definition) is 6. The zero-order valence-corrected chi connectivity index (χ0v) is 14.7. The number of methoxy groups -OCH3 is 2. The van der Waals surface area contributed by atoms with Gasteiger partial charge in [-0.25, -0.2) is 14.4 Å². The van der Waals surface area contributed by atoms with Gasteiger partial charge >= 0.3 is 0 Å². The average molecular weight is 368 g/mol. The first kappa shape index (κ1) is 18.1. The van der Waals surface area contributed by atoms with Gasteiger partial charge in [0.05, 0.1) is 19.9 Å². The highest BCUT2D eigenvalue weighted by molar-refractivity contribution is 6.03. The lowest BCUT2D eigenvalue weighted by atomic mass is 10.2. The fraction of sp³-hybridized carbons (Fsp3) is 0.105.